The van der Waals surface area contributed by atoms with E-state index >= 15 is 0 Å². The highest BCUT2D eigenvalue weighted by Gasteiger charge is 2.15. The number of aryl methyl sites for hydroxylation is 1. The highest BCUT2D eigenvalue weighted by Crippen LogP contribution is 2.26. The first-order valence-electron chi connectivity index (χ1n) is 9.56. The Balaban J connectivity index is 1.28. The predicted octanol–water partition coefficient (Wildman–Crippen LogP) is 5.03. The summed E-state index contributed by atoms with van der Waals surface area (Å²) in [6.45, 7) is 0.969. The minimum absolute atomic E-state index is 0.338. The lowest BCUT2D eigenvalue weighted by molar-refractivity contribution is 0.476. The number of hydrogen-bond donors (Lipinski definition) is 3. The van der Waals surface area contributed by atoms with E-state index in [1.165, 1.54) is 36.0 Å². The number of phenolic OH excluding ortho intramolecular Hbond substituents is 1. The zero-order chi connectivity index (χ0) is 17.8. The summed E-state index contributed by atoms with van der Waals surface area (Å²) >= 11 is 0. The number of aromatic nitrogens is 1. The van der Waals surface area contributed by atoms with Gasteiger partial charge in [-0.05, 0) is 60.6 Å². The van der Waals surface area contributed by atoms with Crippen LogP contribution in [0.15, 0.2) is 60.8 Å². The van der Waals surface area contributed by atoms with Gasteiger partial charge in [0.05, 0.1) is 0 Å². The van der Waals surface area contributed by atoms with Gasteiger partial charge in [-0.2, -0.15) is 0 Å². The molecule has 1 unspecified atom stereocenters. The van der Waals surface area contributed by atoms with Crippen molar-refractivity contribution in [2.24, 2.45) is 0 Å². The summed E-state index contributed by atoms with van der Waals surface area (Å²) in [7, 11) is 0. The Labute approximate surface area is 154 Å². The van der Waals surface area contributed by atoms with Crippen molar-refractivity contribution in [1.29, 1.82) is 0 Å². The van der Waals surface area contributed by atoms with Gasteiger partial charge in [-0.25, -0.2) is 0 Å². The normalized spacial score (nSPS) is 17.4. The SMILES string of the molecule is Oc1ccc2[nH]cc(CCCCC3CC(c4ccccc4)=CCN3)c2c1. The Morgan fingerprint density at radius 1 is 1.04 bits per heavy atom. The highest BCUT2D eigenvalue weighted by atomic mass is 16.3. The van der Waals surface area contributed by atoms with Gasteiger partial charge < -0.3 is 15.4 Å². The molecule has 0 saturated carbocycles. The van der Waals surface area contributed by atoms with E-state index in [0.29, 0.717) is 11.8 Å². The molecular formula is C23H26N2O. The first-order chi connectivity index (χ1) is 12.8. The topological polar surface area (TPSA) is 48.0 Å². The number of hydrogen-bond acceptors (Lipinski definition) is 2. The number of phenols is 1. The zero-order valence-corrected chi connectivity index (χ0v) is 15.0. The molecule has 4 rings (SSSR count). The molecule has 1 aliphatic heterocycles. The van der Waals surface area contributed by atoms with Crippen LogP contribution in [0.5, 0.6) is 5.75 Å². The van der Waals surface area contributed by atoms with Crippen molar-refractivity contribution in [2.75, 3.05) is 6.54 Å². The first kappa shape index (κ1) is 16.9. The van der Waals surface area contributed by atoms with Gasteiger partial charge in [-0.3, -0.25) is 0 Å². The molecule has 26 heavy (non-hydrogen) atoms. The second kappa shape index (κ2) is 7.79. The second-order valence-electron chi connectivity index (χ2n) is 7.19. The fourth-order valence-electron chi connectivity index (χ4n) is 3.94. The molecule has 0 aliphatic carbocycles. The zero-order valence-electron chi connectivity index (χ0n) is 15.0. The standard InChI is InChI=1S/C23H26N2O/c26-21-10-11-23-22(15-21)19(16-25-23)8-4-5-9-20-14-18(12-13-24-20)17-6-2-1-3-7-17/h1-3,6-7,10-12,15-16,20,24-26H,4-5,8-9,13-14H2. The summed E-state index contributed by atoms with van der Waals surface area (Å²) in [6.07, 6.45) is 10.2. The number of fused-ring (bicyclic) bond motifs is 1. The van der Waals surface area contributed by atoms with Crippen LogP contribution in [0.4, 0.5) is 0 Å². The number of aromatic amines is 1. The number of unbranched alkanes of at least 4 members (excludes halogenated alkanes) is 1. The van der Waals surface area contributed by atoms with Crippen molar-refractivity contribution >= 4 is 16.5 Å². The monoisotopic (exact) mass is 346 g/mol. The molecule has 3 N–H and O–H groups in total. The van der Waals surface area contributed by atoms with Gasteiger partial charge in [0.25, 0.3) is 0 Å². The number of nitrogens with one attached hydrogen (secondary N) is 2. The Morgan fingerprint density at radius 2 is 1.92 bits per heavy atom. The first-order valence-corrected chi connectivity index (χ1v) is 9.56. The summed E-state index contributed by atoms with van der Waals surface area (Å²) in [5.41, 5.74) is 5.24. The van der Waals surface area contributed by atoms with E-state index in [0.717, 1.165) is 30.3 Å². The molecule has 0 spiro atoms. The lowest BCUT2D eigenvalue weighted by Gasteiger charge is -2.24. The molecule has 0 bridgehead atoms. The fraction of sp³-hybridized carbons (Fsp3) is 0.304. The smallest absolute Gasteiger partial charge is 0.116 e. The molecule has 2 heterocycles. The number of H-pyrrole nitrogens is 1. The number of rotatable bonds is 6. The Kier molecular flexibility index (Phi) is 5.07. The van der Waals surface area contributed by atoms with Gasteiger partial charge in [0.15, 0.2) is 0 Å². The Morgan fingerprint density at radius 3 is 2.81 bits per heavy atom. The van der Waals surface area contributed by atoms with Crippen LogP contribution in [-0.2, 0) is 6.42 Å². The molecule has 1 aliphatic rings. The number of aromatic hydroxyl groups is 1. The van der Waals surface area contributed by atoms with E-state index in [-0.39, 0.29) is 0 Å². The van der Waals surface area contributed by atoms with E-state index in [1.54, 1.807) is 6.07 Å². The van der Waals surface area contributed by atoms with Crippen molar-refractivity contribution in [3.05, 3.63) is 71.9 Å². The van der Waals surface area contributed by atoms with Crippen molar-refractivity contribution in [1.82, 2.24) is 10.3 Å². The Bertz CT molecular complexity index is 895. The molecule has 3 aromatic rings. The average molecular weight is 346 g/mol. The van der Waals surface area contributed by atoms with E-state index in [4.69, 9.17) is 0 Å². The van der Waals surface area contributed by atoms with Crippen LogP contribution in [0.25, 0.3) is 16.5 Å². The molecule has 3 nitrogen and oxygen atoms in total. The van der Waals surface area contributed by atoms with Crippen LogP contribution in [0, 0.1) is 0 Å². The van der Waals surface area contributed by atoms with Crippen LogP contribution in [0.2, 0.25) is 0 Å². The third kappa shape index (κ3) is 3.83. The van der Waals surface area contributed by atoms with Crippen molar-refractivity contribution in [3.63, 3.8) is 0 Å². The maximum absolute atomic E-state index is 9.71. The molecule has 1 aromatic heterocycles. The van der Waals surface area contributed by atoms with Crippen LogP contribution in [0.3, 0.4) is 0 Å². The summed E-state index contributed by atoms with van der Waals surface area (Å²) in [4.78, 5) is 3.30. The quantitative estimate of drug-likeness (QED) is 0.548. The van der Waals surface area contributed by atoms with E-state index < -0.39 is 0 Å². The molecular weight excluding hydrogens is 320 g/mol. The lowest BCUT2D eigenvalue weighted by atomic mass is 9.92. The molecule has 0 radical (unpaired) electrons. The van der Waals surface area contributed by atoms with Gasteiger partial charge in [-0.1, -0.05) is 42.8 Å². The van der Waals surface area contributed by atoms with Crippen LogP contribution in [-0.4, -0.2) is 22.7 Å². The lowest BCUT2D eigenvalue weighted by Crippen LogP contribution is -2.32. The molecule has 0 fully saturated rings. The van der Waals surface area contributed by atoms with Gasteiger partial charge in [0, 0.05) is 29.7 Å². The van der Waals surface area contributed by atoms with E-state index in [2.05, 4.69) is 52.9 Å². The van der Waals surface area contributed by atoms with Gasteiger partial charge in [0.1, 0.15) is 5.75 Å². The summed E-state index contributed by atoms with van der Waals surface area (Å²) in [5.74, 6) is 0.338. The molecule has 0 amide bonds. The van der Waals surface area contributed by atoms with Gasteiger partial charge >= 0.3 is 0 Å². The van der Waals surface area contributed by atoms with Crippen molar-refractivity contribution in [2.45, 2.75) is 38.1 Å². The Hall–Kier alpha value is -2.52. The van der Waals surface area contributed by atoms with E-state index in [1.807, 2.05) is 12.1 Å². The third-order valence-corrected chi connectivity index (χ3v) is 5.37. The third-order valence-electron chi connectivity index (χ3n) is 5.37. The molecule has 2 aromatic carbocycles. The number of benzene rings is 2. The molecule has 134 valence electrons. The van der Waals surface area contributed by atoms with Crippen LogP contribution < -0.4 is 5.32 Å². The molecule has 3 heteroatoms. The minimum Gasteiger partial charge on any atom is -0.508 e. The maximum Gasteiger partial charge on any atom is 0.116 e. The maximum atomic E-state index is 9.71. The largest absolute Gasteiger partial charge is 0.508 e. The highest BCUT2D eigenvalue weighted by molar-refractivity contribution is 5.84. The van der Waals surface area contributed by atoms with Crippen molar-refractivity contribution in [3.8, 4) is 5.75 Å². The molecule has 0 saturated heterocycles. The summed E-state index contributed by atoms with van der Waals surface area (Å²) in [6, 6.07) is 16.8. The molecule has 1 atom stereocenters. The minimum atomic E-state index is 0.338. The summed E-state index contributed by atoms with van der Waals surface area (Å²) < 4.78 is 0. The fourth-order valence-corrected chi connectivity index (χ4v) is 3.94. The van der Waals surface area contributed by atoms with Crippen LogP contribution in [0.1, 0.15) is 36.8 Å². The van der Waals surface area contributed by atoms with Crippen LogP contribution >= 0.6 is 0 Å². The average Bonchev–Trinajstić information content (AvgIpc) is 3.08. The van der Waals surface area contributed by atoms with E-state index in [9.17, 15) is 5.11 Å². The summed E-state index contributed by atoms with van der Waals surface area (Å²) in [5, 5.41) is 14.5. The van der Waals surface area contributed by atoms with Gasteiger partial charge in [0.2, 0.25) is 0 Å². The predicted molar refractivity (Wildman–Crippen MR) is 108 cm³/mol. The van der Waals surface area contributed by atoms with Crippen molar-refractivity contribution < 1.29 is 5.11 Å². The second-order valence-corrected chi connectivity index (χ2v) is 7.19. The van der Waals surface area contributed by atoms with Gasteiger partial charge in [-0.15, -0.1) is 0 Å².